The van der Waals surface area contributed by atoms with Gasteiger partial charge in [-0.05, 0) is 145 Å². The van der Waals surface area contributed by atoms with Gasteiger partial charge in [-0.3, -0.25) is 0 Å². The van der Waals surface area contributed by atoms with Gasteiger partial charge < -0.3 is 9.31 Å². The van der Waals surface area contributed by atoms with Gasteiger partial charge in [0.25, 0.3) is 0 Å². The van der Waals surface area contributed by atoms with E-state index < -0.39 is 0 Å². The Kier molecular flexibility index (Phi) is 16.6. The zero-order valence-corrected chi connectivity index (χ0v) is 61.2. The van der Waals surface area contributed by atoms with Crippen LogP contribution < -0.4 is 5.46 Å². The van der Waals surface area contributed by atoms with E-state index >= 15 is 0 Å². The average molecular weight is 1410 g/mol. The second-order valence-corrected chi connectivity index (χ2v) is 30.5. The lowest BCUT2D eigenvalue weighted by molar-refractivity contribution is 0.00578. The molecule has 0 radical (unpaired) electrons. The minimum absolute atomic E-state index is 0. The molecule has 1 aliphatic heterocycles. The van der Waals surface area contributed by atoms with Crippen LogP contribution in [0.25, 0.3) is 144 Å². The summed E-state index contributed by atoms with van der Waals surface area (Å²) in [6.45, 7) is 17.5. The second kappa shape index (κ2) is 26.2. The van der Waals surface area contributed by atoms with Crippen molar-refractivity contribution < 1.29 is 10.7 Å². The molecule has 0 unspecified atom stereocenters. The maximum absolute atomic E-state index is 6.20. The SMILES string of the molecule is CC1(C)OB(c2ccc(-c3cc4ccccc4c4ccccc34)cc2)OC1(C)C.CC1(C)c2ccccc2-c2nc(-c3ccccc3)nc(-c3ccc(-c4ccc(-c5cc6ccccc6c6ccccc56)cc4)cc3)c21.CC1(C)c2ccccc2-c2nc(-c3ccccc3)nc(-c3ccc(Br)cc3)c21.[HH]. The van der Waals surface area contributed by atoms with E-state index in [0.29, 0.717) is 0 Å². The standard InChI is InChI=1S/C45H32N2.C26H25BO2.C25H19BrN2.H2/c1-45(2)40-19-11-10-18-38(40)43-41(45)42(46-44(47-43)33-12-4-3-5-13-33)32-26-22-30(23-27-32)29-20-24-31(25-21-29)39-28-34-14-6-7-15-35(34)36-16-8-9-17-37(36)39;1-25(2)26(3,4)29-27(28-25)20-15-13-18(14-16-20)24-17-19-9-5-6-10-21(19)22-11-7-8-12-23(22)24;1-25(2)20-11-7-6-10-19(20)23-21(25)22(16-12-14-18(26)15-13-16)27-24(28-23)17-8-4-3-5-9-17;/h3-28H,1-2H3;5-17H,1-4H3;3-15H,1-2H3;1H. The van der Waals surface area contributed by atoms with Crippen molar-refractivity contribution in [1.82, 2.24) is 19.9 Å². The van der Waals surface area contributed by atoms with E-state index in [1.807, 2.05) is 36.4 Å². The van der Waals surface area contributed by atoms with Crippen LogP contribution in [0.3, 0.4) is 0 Å². The van der Waals surface area contributed by atoms with Crippen LogP contribution in [0.4, 0.5) is 0 Å². The quantitative estimate of drug-likeness (QED) is 0.112. The molecule has 0 spiro atoms. The van der Waals surface area contributed by atoms with Gasteiger partial charge in [-0.25, -0.2) is 19.9 Å². The van der Waals surface area contributed by atoms with E-state index in [4.69, 9.17) is 29.2 Å². The predicted octanol–water partition coefficient (Wildman–Crippen LogP) is 24.8. The predicted molar refractivity (Wildman–Crippen MR) is 439 cm³/mol. The highest BCUT2D eigenvalue weighted by Crippen LogP contribution is 2.53. The van der Waals surface area contributed by atoms with Crippen molar-refractivity contribution in [3.8, 4) is 101 Å². The number of fused-ring (bicyclic) bond motifs is 12. The van der Waals surface area contributed by atoms with Crippen LogP contribution in [0.1, 0.15) is 79.1 Å². The van der Waals surface area contributed by atoms with Crippen LogP contribution in [0.5, 0.6) is 0 Å². The Morgan fingerprint density at radius 3 is 1.02 bits per heavy atom. The zero-order valence-electron chi connectivity index (χ0n) is 59.6. The van der Waals surface area contributed by atoms with E-state index in [-0.39, 0.29) is 30.6 Å². The first-order chi connectivity index (χ1) is 50.5. The zero-order chi connectivity index (χ0) is 71.1. The van der Waals surface area contributed by atoms with Crippen molar-refractivity contribution in [2.45, 2.75) is 77.4 Å². The van der Waals surface area contributed by atoms with E-state index in [1.165, 1.54) is 110 Å². The molecule has 3 heterocycles. The first-order valence-electron chi connectivity index (χ1n) is 35.9. The van der Waals surface area contributed by atoms with Crippen LogP contribution in [0.2, 0.25) is 0 Å². The summed E-state index contributed by atoms with van der Waals surface area (Å²) in [6, 6.07) is 112. The Morgan fingerprint density at radius 2 is 0.596 bits per heavy atom. The van der Waals surface area contributed by atoms with E-state index in [2.05, 4.69) is 350 Å². The number of halogens is 1. The molecule has 8 heteroatoms. The van der Waals surface area contributed by atoms with E-state index in [1.54, 1.807) is 0 Å². The highest BCUT2D eigenvalue weighted by atomic mass is 79.9. The lowest BCUT2D eigenvalue weighted by atomic mass is 9.78. The van der Waals surface area contributed by atoms with Gasteiger partial charge in [-0.15, -0.1) is 0 Å². The third-order valence-electron chi connectivity index (χ3n) is 21.9. The molecule has 2 aliphatic carbocycles. The molecular formula is C96H78BBrN4O2. The minimum atomic E-state index is -0.331. The summed E-state index contributed by atoms with van der Waals surface area (Å²) in [5, 5.41) is 10.2. The lowest BCUT2D eigenvalue weighted by Crippen LogP contribution is -2.41. The van der Waals surface area contributed by atoms with Gasteiger partial charge in [0.2, 0.25) is 0 Å². The van der Waals surface area contributed by atoms with Gasteiger partial charge in [-0.2, -0.15) is 0 Å². The first-order valence-corrected chi connectivity index (χ1v) is 36.7. The summed E-state index contributed by atoms with van der Waals surface area (Å²) in [6.07, 6.45) is 0. The molecular weight excluding hydrogens is 1330 g/mol. The molecule has 16 aromatic rings. The number of hydrogen-bond acceptors (Lipinski definition) is 6. The van der Waals surface area contributed by atoms with Crippen LogP contribution in [0, 0.1) is 0 Å². The van der Waals surface area contributed by atoms with Gasteiger partial charge >= 0.3 is 7.12 Å². The van der Waals surface area contributed by atoms with Crippen LogP contribution >= 0.6 is 15.9 Å². The largest absolute Gasteiger partial charge is 0.494 e. The molecule has 0 N–H and O–H groups in total. The maximum Gasteiger partial charge on any atom is 0.494 e. The average Bonchev–Trinajstić information content (AvgIpc) is 1.59. The summed E-state index contributed by atoms with van der Waals surface area (Å²) in [7, 11) is -0.331. The molecule has 6 nitrogen and oxygen atoms in total. The molecule has 14 aromatic carbocycles. The van der Waals surface area contributed by atoms with Crippen molar-refractivity contribution in [2.75, 3.05) is 0 Å². The number of aromatic nitrogens is 4. The van der Waals surface area contributed by atoms with Crippen LogP contribution in [-0.4, -0.2) is 38.3 Å². The topological polar surface area (TPSA) is 70.0 Å². The highest BCUT2D eigenvalue weighted by Gasteiger charge is 2.52. The molecule has 0 amide bonds. The summed E-state index contributed by atoms with van der Waals surface area (Å²) in [5.41, 5.74) is 23.1. The van der Waals surface area contributed by atoms with Crippen molar-refractivity contribution >= 4 is 71.6 Å². The normalized spacial score (nSPS) is 14.6. The second-order valence-electron chi connectivity index (χ2n) is 29.6. The summed E-state index contributed by atoms with van der Waals surface area (Å²) in [4.78, 5) is 20.5. The number of nitrogens with zero attached hydrogens (tertiary/aromatic N) is 4. The highest BCUT2D eigenvalue weighted by molar-refractivity contribution is 9.10. The lowest BCUT2D eigenvalue weighted by Gasteiger charge is -2.32. The molecule has 504 valence electrons. The molecule has 19 rings (SSSR count). The Bertz CT molecular complexity index is 5970. The van der Waals surface area contributed by atoms with E-state index in [9.17, 15) is 0 Å². The fraction of sp³-hybridized carbons (Fsp3) is 0.125. The molecule has 104 heavy (non-hydrogen) atoms. The number of rotatable bonds is 8. The summed E-state index contributed by atoms with van der Waals surface area (Å²) >= 11 is 3.54. The molecule has 2 aromatic heterocycles. The molecule has 3 aliphatic rings. The smallest absolute Gasteiger partial charge is 0.399 e. The van der Waals surface area contributed by atoms with Gasteiger partial charge in [0.05, 0.1) is 34.0 Å². The van der Waals surface area contributed by atoms with Crippen LogP contribution in [0.15, 0.2) is 320 Å². The fourth-order valence-corrected chi connectivity index (χ4v) is 16.0. The third kappa shape index (κ3) is 11.7. The first kappa shape index (κ1) is 66.0. The Labute approximate surface area is 619 Å². The van der Waals surface area contributed by atoms with Gasteiger partial charge in [0.1, 0.15) is 0 Å². The Morgan fingerprint density at radius 1 is 0.279 bits per heavy atom. The van der Waals surface area contributed by atoms with Gasteiger partial charge in [0.15, 0.2) is 11.6 Å². The molecule has 0 saturated carbocycles. The number of benzene rings is 14. The molecule has 1 saturated heterocycles. The molecule has 0 atom stereocenters. The summed E-state index contributed by atoms with van der Waals surface area (Å²) < 4.78 is 13.5. The Balaban J connectivity index is 0.000000127. The third-order valence-corrected chi connectivity index (χ3v) is 22.5. The maximum atomic E-state index is 6.20. The molecule has 1 fully saturated rings. The minimum Gasteiger partial charge on any atom is -0.399 e. The van der Waals surface area contributed by atoms with Crippen molar-refractivity contribution in [3.63, 3.8) is 0 Å². The van der Waals surface area contributed by atoms with Gasteiger partial charge in [0, 0.05) is 61.2 Å². The fourth-order valence-electron chi connectivity index (χ4n) is 15.7. The van der Waals surface area contributed by atoms with Crippen molar-refractivity contribution in [2.24, 2.45) is 0 Å². The summed E-state index contributed by atoms with van der Waals surface area (Å²) in [5.74, 6) is 1.53. The van der Waals surface area contributed by atoms with Crippen molar-refractivity contribution in [1.29, 1.82) is 0 Å². The van der Waals surface area contributed by atoms with Crippen LogP contribution in [-0.2, 0) is 20.1 Å². The monoisotopic (exact) mass is 1410 g/mol. The molecule has 0 bridgehead atoms. The Hall–Kier alpha value is -11.3. The van der Waals surface area contributed by atoms with E-state index in [0.717, 1.165) is 66.6 Å². The van der Waals surface area contributed by atoms with Crippen molar-refractivity contribution in [3.05, 3.63) is 342 Å². The number of hydrogen-bond donors (Lipinski definition) is 0. The van der Waals surface area contributed by atoms with Gasteiger partial charge in [-0.1, -0.05) is 335 Å².